The number of hydrogen-bond donors (Lipinski definition) is 2. The van der Waals surface area contributed by atoms with Gasteiger partial charge in [0.1, 0.15) is 5.82 Å². The van der Waals surface area contributed by atoms with Crippen molar-refractivity contribution in [2.45, 2.75) is 38.0 Å². The van der Waals surface area contributed by atoms with Crippen LogP contribution in [0.4, 0.5) is 11.5 Å². The third-order valence-corrected chi connectivity index (χ3v) is 5.65. The van der Waals surface area contributed by atoms with E-state index in [9.17, 15) is 14.9 Å². The van der Waals surface area contributed by atoms with Crippen LogP contribution < -0.4 is 11.1 Å². The fraction of sp³-hybridized carbons (Fsp3) is 0.318. The van der Waals surface area contributed by atoms with Crippen molar-refractivity contribution in [3.05, 3.63) is 70.2 Å². The van der Waals surface area contributed by atoms with Gasteiger partial charge in [0.05, 0.1) is 35.4 Å². The van der Waals surface area contributed by atoms with Crippen molar-refractivity contribution >= 4 is 17.4 Å². The number of rotatable bonds is 7. The van der Waals surface area contributed by atoms with Gasteiger partial charge >= 0.3 is 0 Å². The number of hydrogen-bond acceptors (Lipinski definition) is 7. The molecule has 32 heavy (non-hydrogen) atoms. The zero-order valence-electron chi connectivity index (χ0n) is 17.6. The highest BCUT2D eigenvalue weighted by Gasteiger charge is 2.30. The summed E-state index contributed by atoms with van der Waals surface area (Å²) in [5.74, 6) is 0.257. The van der Waals surface area contributed by atoms with E-state index in [0.29, 0.717) is 22.5 Å². The molecule has 1 aliphatic carbocycles. The lowest BCUT2D eigenvalue weighted by Crippen LogP contribution is -2.41. The van der Waals surface area contributed by atoms with Gasteiger partial charge in [-0.2, -0.15) is 5.10 Å². The van der Waals surface area contributed by atoms with Gasteiger partial charge in [-0.05, 0) is 30.9 Å². The molecule has 0 aliphatic heterocycles. The summed E-state index contributed by atoms with van der Waals surface area (Å²) < 4.78 is 7.56. The maximum Gasteiger partial charge on any atom is 0.269 e. The Kier molecular flexibility index (Phi) is 6.13. The average Bonchev–Trinajstić information content (AvgIpc) is 3.38. The molecule has 10 heteroatoms. The Balaban J connectivity index is 1.40. The molecule has 3 aromatic rings. The molecular formula is C22H24N6O4. The maximum atomic E-state index is 12.9. The fourth-order valence-corrected chi connectivity index (χ4v) is 3.89. The van der Waals surface area contributed by atoms with Crippen LogP contribution in [0.25, 0.3) is 11.1 Å². The second-order valence-corrected chi connectivity index (χ2v) is 7.82. The predicted octanol–water partition coefficient (Wildman–Crippen LogP) is 2.84. The number of nitrogens with two attached hydrogens (primary N) is 1. The number of aromatic nitrogens is 3. The van der Waals surface area contributed by atoms with E-state index in [1.54, 1.807) is 42.3 Å². The largest absolute Gasteiger partial charge is 0.383 e. The number of nitro benzene ring substituents is 1. The van der Waals surface area contributed by atoms with Crippen LogP contribution in [0.1, 0.15) is 35.2 Å². The number of nitrogen functional groups attached to an aromatic ring is 1. The summed E-state index contributed by atoms with van der Waals surface area (Å²) in [6.07, 6.45) is 7.17. The third-order valence-electron chi connectivity index (χ3n) is 5.65. The Hall–Kier alpha value is -3.79. The summed E-state index contributed by atoms with van der Waals surface area (Å²) in [6.45, 7) is 0.246. The minimum Gasteiger partial charge on any atom is -0.383 e. The summed E-state index contributed by atoms with van der Waals surface area (Å²) in [7, 11) is 1.75. The van der Waals surface area contributed by atoms with Crippen molar-refractivity contribution in [2.75, 3.05) is 5.73 Å². The number of pyridine rings is 1. The van der Waals surface area contributed by atoms with Gasteiger partial charge in [-0.3, -0.25) is 24.6 Å². The minimum atomic E-state index is -0.427. The molecule has 0 bridgehead atoms. The summed E-state index contributed by atoms with van der Waals surface area (Å²) in [6, 6.07) is 7.97. The molecule has 166 valence electrons. The van der Waals surface area contributed by atoms with E-state index in [2.05, 4.69) is 15.4 Å². The molecule has 0 radical (unpaired) electrons. The third kappa shape index (κ3) is 4.59. The van der Waals surface area contributed by atoms with E-state index in [-0.39, 0.29) is 30.3 Å². The lowest BCUT2D eigenvalue weighted by atomic mass is 10.1. The molecule has 2 heterocycles. The quantitative estimate of drug-likeness (QED) is 0.429. The number of carbonyl (C=O) groups excluding carboxylic acids is 1. The molecule has 1 aliphatic rings. The Bertz CT molecular complexity index is 1140. The number of nitrogens with one attached hydrogen (secondary N) is 1. The van der Waals surface area contributed by atoms with Crippen LogP contribution in [-0.4, -0.2) is 37.7 Å². The molecule has 0 saturated heterocycles. The average molecular weight is 436 g/mol. The summed E-state index contributed by atoms with van der Waals surface area (Å²) >= 11 is 0. The zero-order chi connectivity index (χ0) is 22.7. The number of benzene rings is 1. The van der Waals surface area contributed by atoms with Gasteiger partial charge in [0.25, 0.3) is 11.6 Å². The number of amides is 1. The number of non-ortho nitro benzene ring substituents is 1. The second kappa shape index (κ2) is 9.15. The smallest absolute Gasteiger partial charge is 0.269 e. The van der Waals surface area contributed by atoms with Gasteiger partial charge in [-0.1, -0.05) is 12.1 Å². The number of carbonyl (C=O) groups is 1. The number of ether oxygens (including phenoxy) is 1. The Morgan fingerprint density at radius 2 is 2.16 bits per heavy atom. The van der Waals surface area contributed by atoms with Crippen LogP contribution in [-0.2, 0) is 18.4 Å². The SMILES string of the molecule is Cn1ncc(-c2cncc(C(=O)N[C@H]3CCC[C@@H]3OCc3cccc([N+](=O)[O-])c3)c2)c1N. The Morgan fingerprint density at radius 3 is 2.91 bits per heavy atom. The normalized spacial score (nSPS) is 17.9. The molecular weight excluding hydrogens is 412 g/mol. The highest BCUT2D eigenvalue weighted by molar-refractivity contribution is 5.95. The molecule has 1 saturated carbocycles. The molecule has 1 aromatic carbocycles. The molecule has 1 fully saturated rings. The number of anilines is 1. The van der Waals surface area contributed by atoms with E-state index >= 15 is 0 Å². The van der Waals surface area contributed by atoms with E-state index in [1.807, 2.05) is 0 Å². The number of nitrogens with zero attached hydrogens (tertiary/aromatic N) is 4. The van der Waals surface area contributed by atoms with Gasteiger partial charge < -0.3 is 15.8 Å². The molecule has 4 rings (SSSR count). The first kappa shape index (κ1) is 21.4. The van der Waals surface area contributed by atoms with Crippen LogP contribution in [0.3, 0.4) is 0 Å². The molecule has 3 N–H and O–H groups in total. The van der Waals surface area contributed by atoms with E-state index < -0.39 is 4.92 Å². The standard InChI is InChI=1S/C22H24N6O4/c1-27-21(23)18(12-25-27)15-9-16(11-24-10-15)22(29)26-19-6-3-7-20(19)32-13-14-4-2-5-17(8-14)28(30)31/h2,4-5,8-12,19-20H,3,6-7,13,23H2,1H3,(H,26,29)/t19-,20-/m0/s1. The molecule has 10 nitrogen and oxygen atoms in total. The van der Waals surface area contributed by atoms with Crippen LogP contribution >= 0.6 is 0 Å². The van der Waals surface area contributed by atoms with Gasteiger partial charge in [0, 0.05) is 42.7 Å². The molecule has 1 amide bonds. The van der Waals surface area contributed by atoms with Crippen molar-refractivity contribution in [3.8, 4) is 11.1 Å². The van der Waals surface area contributed by atoms with Crippen LogP contribution in [0.15, 0.2) is 48.9 Å². The number of nitro groups is 1. The first-order valence-electron chi connectivity index (χ1n) is 10.3. The monoisotopic (exact) mass is 436 g/mol. The van der Waals surface area contributed by atoms with Crippen molar-refractivity contribution in [1.29, 1.82) is 0 Å². The van der Waals surface area contributed by atoms with E-state index in [0.717, 1.165) is 24.8 Å². The Labute approximate surface area is 184 Å². The zero-order valence-corrected chi connectivity index (χ0v) is 17.6. The highest BCUT2D eigenvalue weighted by Crippen LogP contribution is 2.26. The van der Waals surface area contributed by atoms with Gasteiger partial charge in [0.2, 0.25) is 0 Å². The van der Waals surface area contributed by atoms with Gasteiger partial charge in [-0.25, -0.2) is 0 Å². The molecule has 0 unspecified atom stereocenters. The molecule has 2 aromatic heterocycles. The first-order valence-corrected chi connectivity index (χ1v) is 10.3. The van der Waals surface area contributed by atoms with Crippen molar-refractivity contribution in [3.63, 3.8) is 0 Å². The lowest BCUT2D eigenvalue weighted by molar-refractivity contribution is -0.385. The van der Waals surface area contributed by atoms with Crippen molar-refractivity contribution in [1.82, 2.24) is 20.1 Å². The summed E-state index contributed by atoms with van der Waals surface area (Å²) in [5, 5.41) is 18.1. The van der Waals surface area contributed by atoms with Crippen LogP contribution in [0, 0.1) is 10.1 Å². The van der Waals surface area contributed by atoms with Crippen molar-refractivity contribution in [2.24, 2.45) is 7.05 Å². The first-order chi connectivity index (χ1) is 15.4. The maximum absolute atomic E-state index is 12.9. The highest BCUT2D eigenvalue weighted by atomic mass is 16.6. The van der Waals surface area contributed by atoms with Crippen molar-refractivity contribution < 1.29 is 14.5 Å². The lowest BCUT2D eigenvalue weighted by Gasteiger charge is -2.21. The van der Waals surface area contributed by atoms with Crippen LogP contribution in [0.5, 0.6) is 0 Å². The topological polar surface area (TPSA) is 138 Å². The fourth-order valence-electron chi connectivity index (χ4n) is 3.89. The van der Waals surface area contributed by atoms with E-state index in [4.69, 9.17) is 10.5 Å². The number of aryl methyl sites for hydroxylation is 1. The summed E-state index contributed by atoms with van der Waals surface area (Å²) in [5.41, 5.74) is 8.65. The Morgan fingerprint density at radius 1 is 1.31 bits per heavy atom. The van der Waals surface area contributed by atoms with E-state index in [1.165, 1.54) is 18.3 Å². The second-order valence-electron chi connectivity index (χ2n) is 7.82. The summed E-state index contributed by atoms with van der Waals surface area (Å²) in [4.78, 5) is 27.6. The minimum absolute atomic E-state index is 0.0315. The predicted molar refractivity (Wildman–Crippen MR) is 118 cm³/mol. The molecule has 2 atom stereocenters. The van der Waals surface area contributed by atoms with Crippen LogP contribution in [0.2, 0.25) is 0 Å². The van der Waals surface area contributed by atoms with Gasteiger partial charge in [0.15, 0.2) is 0 Å². The van der Waals surface area contributed by atoms with Gasteiger partial charge in [-0.15, -0.1) is 0 Å². The molecule has 0 spiro atoms.